The van der Waals surface area contributed by atoms with Gasteiger partial charge in [-0.2, -0.15) is 8.78 Å². The number of hydrogen-bond donors (Lipinski definition) is 2. The van der Waals surface area contributed by atoms with Crippen LogP contribution in [-0.2, 0) is 41.8 Å². The maximum Gasteiger partial charge on any atom is 0.408 e. The zero-order valence-electron chi connectivity index (χ0n) is 24.8. The van der Waals surface area contributed by atoms with E-state index in [-0.39, 0.29) is 39.4 Å². The van der Waals surface area contributed by atoms with E-state index < -0.39 is 36.9 Å². The summed E-state index contributed by atoms with van der Waals surface area (Å²) in [4.78, 5) is 25.7. The number of ether oxygens (including phenoxy) is 2. The first-order valence-corrected chi connectivity index (χ1v) is 16.5. The normalized spacial score (nSPS) is 12.3. The molecule has 2 amide bonds. The summed E-state index contributed by atoms with van der Waals surface area (Å²) >= 11 is 11.9. The van der Waals surface area contributed by atoms with Gasteiger partial charge in [-0.15, -0.1) is 0 Å². The summed E-state index contributed by atoms with van der Waals surface area (Å²) in [5.41, 5.74) is -3.28. The lowest BCUT2D eigenvalue weighted by atomic mass is 10.0. The highest BCUT2D eigenvalue weighted by Gasteiger charge is 2.54. The van der Waals surface area contributed by atoms with Gasteiger partial charge >= 0.3 is 19.4 Å². The van der Waals surface area contributed by atoms with E-state index >= 15 is 8.78 Å². The maximum atomic E-state index is 15.2. The summed E-state index contributed by atoms with van der Waals surface area (Å²) in [7, 11) is -4.79. The van der Waals surface area contributed by atoms with Gasteiger partial charge in [0.25, 0.3) is 0 Å². The third kappa shape index (κ3) is 10.7. The van der Waals surface area contributed by atoms with Crippen molar-refractivity contribution in [3.63, 3.8) is 0 Å². The molecule has 2 N–H and O–H groups in total. The van der Waals surface area contributed by atoms with Crippen molar-refractivity contribution in [1.82, 2.24) is 10.6 Å². The highest BCUT2D eigenvalue weighted by Crippen LogP contribution is 2.66. The Labute approximate surface area is 271 Å². The number of benzene rings is 3. The Morgan fingerprint density at radius 2 is 1.58 bits per heavy atom. The van der Waals surface area contributed by atoms with Crippen LogP contribution in [0.5, 0.6) is 5.75 Å². The molecule has 3 rings (SSSR count). The predicted octanol–water partition coefficient (Wildman–Crippen LogP) is 7.73. The van der Waals surface area contributed by atoms with Gasteiger partial charge in [0.2, 0.25) is 5.91 Å². The van der Waals surface area contributed by atoms with Crippen LogP contribution in [0.1, 0.15) is 37.0 Å². The van der Waals surface area contributed by atoms with Crippen LogP contribution in [0, 0.1) is 0 Å². The van der Waals surface area contributed by atoms with E-state index in [4.69, 9.17) is 41.7 Å². The van der Waals surface area contributed by atoms with E-state index in [2.05, 4.69) is 10.6 Å². The van der Waals surface area contributed by atoms with E-state index in [1.807, 2.05) is 6.07 Å². The van der Waals surface area contributed by atoms with Crippen LogP contribution in [0.15, 0.2) is 72.8 Å². The third-order valence-corrected chi connectivity index (χ3v) is 9.17. The standard InChI is InChI=1S/C31H35Cl2F2N2O7P/c1-3-43-45(40,44-4-2)31(34,35)24-13-11-22(12-14-24)19-28(37-30(39)42-21-23-9-6-5-7-10-23)29(38)36-17-8-18-41-25-15-16-26(32)27(33)20-25/h5-7,9-16,20,28H,3-4,8,17-19,21H2,1-2H3,(H,36,38)(H,37,39). The summed E-state index contributed by atoms with van der Waals surface area (Å²) in [6.07, 6.45) is -0.452. The van der Waals surface area contributed by atoms with Gasteiger partial charge in [-0.25, -0.2) is 4.79 Å². The molecule has 3 aromatic rings. The van der Waals surface area contributed by atoms with Gasteiger partial charge in [0.05, 0.1) is 29.9 Å². The van der Waals surface area contributed by atoms with Crippen molar-refractivity contribution in [1.29, 1.82) is 0 Å². The molecule has 0 saturated carbocycles. The quantitative estimate of drug-likeness (QED) is 0.110. The second kappa shape index (κ2) is 17.5. The number of rotatable bonds is 17. The molecule has 0 bridgehead atoms. The smallest absolute Gasteiger partial charge is 0.408 e. The minimum Gasteiger partial charge on any atom is -0.493 e. The van der Waals surface area contributed by atoms with Crippen LogP contribution >= 0.6 is 30.8 Å². The monoisotopic (exact) mass is 686 g/mol. The summed E-state index contributed by atoms with van der Waals surface area (Å²) in [5.74, 6) is -0.00267. The molecule has 0 heterocycles. The van der Waals surface area contributed by atoms with Gasteiger partial charge < -0.3 is 29.2 Å². The van der Waals surface area contributed by atoms with Gasteiger partial charge in [0, 0.05) is 24.6 Å². The molecule has 244 valence electrons. The van der Waals surface area contributed by atoms with Crippen molar-refractivity contribution in [2.75, 3.05) is 26.4 Å². The predicted molar refractivity (Wildman–Crippen MR) is 168 cm³/mol. The number of amides is 2. The first kappa shape index (κ1) is 36.3. The number of halogens is 4. The molecule has 0 saturated heterocycles. The van der Waals surface area contributed by atoms with Crippen LogP contribution in [-0.4, -0.2) is 44.4 Å². The molecule has 0 aliphatic heterocycles. The third-order valence-electron chi connectivity index (χ3n) is 6.28. The molecule has 0 radical (unpaired) electrons. The molecule has 0 fully saturated rings. The molecule has 1 unspecified atom stereocenters. The zero-order valence-corrected chi connectivity index (χ0v) is 27.2. The molecule has 9 nitrogen and oxygen atoms in total. The van der Waals surface area contributed by atoms with Crippen molar-refractivity contribution >= 4 is 42.8 Å². The lowest BCUT2D eigenvalue weighted by Crippen LogP contribution is -2.48. The number of hydrogen-bond acceptors (Lipinski definition) is 7. The fourth-order valence-electron chi connectivity index (χ4n) is 4.05. The van der Waals surface area contributed by atoms with Crippen LogP contribution in [0.4, 0.5) is 13.6 Å². The Balaban J connectivity index is 1.66. The second-order valence-electron chi connectivity index (χ2n) is 9.60. The first-order chi connectivity index (χ1) is 21.5. The van der Waals surface area contributed by atoms with Gasteiger partial charge in [-0.1, -0.05) is 77.8 Å². The van der Waals surface area contributed by atoms with Crippen LogP contribution < -0.4 is 15.4 Å². The fraction of sp³-hybridized carbons (Fsp3) is 0.355. The van der Waals surface area contributed by atoms with Gasteiger partial charge in [0.1, 0.15) is 18.4 Å². The van der Waals surface area contributed by atoms with E-state index in [1.54, 1.807) is 42.5 Å². The maximum absolute atomic E-state index is 15.2. The first-order valence-electron chi connectivity index (χ1n) is 14.2. The number of alkyl carbamates (subject to hydrolysis) is 1. The average Bonchev–Trinajstić information content (AvgIpc) is 3.02. The topological polar surface area (TPSA) is 112 Å². The highest BCUT2D eigenvalue weighted by molar-refractivity contribution is 7.54. The van der Waals surface area contributed by atoms with Crippen molar-refractivity contribution in [3.8, 4) is 5.75 Å². The summed E-state index contributed by atoms with van der Waals surface area (Å²) in [6, 6.07) is 17.6. The molecule has 0 spiro atoms. The van der Waals surface area contributed by atoms with Gasteiger partial charge in [-0.3, -0.25) is 9.36 Å². The molecule has 0 aliphatic carbocycles. The highest BCUT2D eigenvalue weighted by atomic mass is 35.5. The lowest BCUT2D eigenvalue weighted by Gasteiger charge is -2.26. The van der Waals surface area contributed by atoms with E-state index in [0.29, 0.717) is 27.8 Å². The SMILES string of the molecule is CCOP(=O)(OCC)C(F)(F)c1ccc(CC(NC(=O)OCc2ccccc2)C(=O)NCCCOc2ccc(Cl)c(Cl)c2)cc1. The van der Waals surface area contributed by atoms with E-state index in [0.717, 1.165) is 17.7 Å². The number of carbonyl (C=O) groups excluding carboxylic acids is 2. The lowest BCUT2D eigenvalue weighted by molar-refractivity contribution is -0.123. The molecule has 0 aliphatic rings. The molecule has 1 atom stereocenters. The number of alkyl halides is 2. The molecular weight excluding hydrogens is 652 g/mol. The molecular formula is C31H35Cl2F2N2O7P. The molecule has 3 aromatic carbocycles. The van der Waals surface area contributed by atoms with Crippen molar-refractivity contribution in [2.45, 2.75) is 45.0 Å². The summed E-state index contributed by atoms with van der Waals surface area (Å²) < 4.78 is 63.8. The average molecular weight is 688 g/mol. The van der Waals surface area contributed by atoms with Crippen molar-refractivity contribution in [3.05, 3.63) is 99.5 Å². The van der Waals surface area contributed by atoms with Crippen LogP contribution in [0.25, 0.3) is 0 Å². The Morgan fingerprint density at radius 3 is 2.20 bits per heavy atom. The Morgan fingerprint density at radius 1 is 0.911 bits per heavy atom. The minimum atomic E-state index is -4.79. The van der Waals surface area contributed by atoms with E-state index in [1.165, 1.54) is 26.0 Å². The van der Waals surface area contributed by atoms with Crippen molar-refractivity contribution in [2.24, 2.45) is 0 Å². The minimum absolute atomic E-state index is 0.0173. The van der Waals surface area contributed by atoms with Crippen molar-refractivity contribution < 1.29 is 41.5 Å². The largest absolute Gasteiger partial charge is 0.493 e. The zero-order chi connectivity index (χ0) is 32.9. The Kier molecular flexibility index (Phi) is 14.1. The molecule has 14 heteroatoms. The van der Waals surface area contributed by atoms with Gasteiger partial charge in [0.15, 0.2) is 0 Å². The summed E-state index contributed by atoms with van der Waals surface area (Å²) in [6.45, 7) is 2.89. The second-order valence-corrected chi connectivity index (χ2v) is 12.5. The van der Waals surface area contributed by atoms with Crippen LogP contribution in [0.3, 0.4) is 0 Å². The summed E-state index contributed by atoms with van der Waals surface area (Å²) in [5, 5.41) is 6.05. The molecule has 45 heavy (non-hydrogen) atoms. The fourth-order valence-corrected chi connectivity index (χ4v) is 5.89. The van der Waals surface area contributed by atoms with Gasteiger partial charge in [-0.05, 0) is 43.5 Å². The van der Waals surface area contributed by atoms with E-state index in [9.17, 15) is 14.2 Å². The number of nitrogens with one attached hydrogen (secondary N) is 2. The Bertz CT molecular complexity index is 1440. The number of carbonyl (C=O) groups is 2. The Hall–Kier alpha value is -3.21. The molecule has 0 aromatic heterocycles. The van der Waals surface area contributed by atoms with Crippen LogP contribution in [0.2, 0.25) is 10.0 Å².